The van der Waals surface area contributed by atoms with Gasteiger partial charge < -0.3 is 4.90 Å². The van der Waals surface area contributed by atoms with E-state index in [1.54, 1.807) is 4.90 Å². The molecule has 3 heterocycles. The number of halogens is 4. The minimum Gasteiger partial charge on any atom is -0.349 e. The molecule has 5 nitrogen and oxygen atoms in total. The van der Waals surface area contributed by atoms with Crippen molar-refractivity contribution in [2.24, 2.45) is 0 Å². The number of hydrogen-bond acceptors (Lipinski definition) is 4. The van der Waals surface area contributed by atoms with Crippen molar-refractivity contribution in [2.75, 3.05) is 18.0 Å². The van der Waals surface area contributed by atoms with Crippen LogP contribution in [-0.2, 0) is 6.18 Å². The first-order valence-electron chi connectivity index (χ1n) is 5.14. The summed E-state index contributed by atoms with van der Waals surface area (Å²) >= 11 is 0. The van der Waals surface area contributed by atoms with E-state index in [4.69, 9.17) is 0 Å². The van der Waals surface area contributed by atoms with Gasteiger partial charge >= 0.3 is 6.18 Å². The summed E-state index contributed by atoms with van der Waals surface area (Å²) < 4.78 is 51.1. The molecule has 18 heavy (non-hydrogen) atoms. The topological polar surface area (TPSA) is 46.3 Å². The van der Waals surface area contributed by atoms with Crippen LogP contribution in [0.25, 0.3) is 5.65 Å². The lowest BCUT2D eigenvalue weighted by atomic mass is 10.2. The third kappa shape index (κ3) is 1.66. The first-order valence-corrected chi connectivity index (χ1v) is 5.14. The Morgan fingerprint density at radius 2 is 1.89 bits per heavy atom. The highest BCUT2D eigenvalue weighted by Crippen LogP contribution is 2.28. The van der Waals surface area contributed by atoms with Gasteiger partial charge in [0.25, 0.3) is 5.82 Å². The Morgan fingerprint density at radius 1 is 1.17 bits per heavy atom. The van der Waals surface area contributed by atoms with Gasteiger partial charge in [0.1, 0.15) is 12.0 Å². The van der Waals surface area contributed by atoms with E-state index in [1.807, 2.05) is 0 Å². The monoisotopic (exact) mass is 261 g/mol. The second kappa shape index (κ2) is 3.53. The maximum Gasteiger partial charge on any atom is 0.453 e. The first-order chi connectivity index (χ1) is 8.45. The Bertz CT molecular complexity index is 586. The molecule has 0 radical (unpaired) electrons. The Morgan fingerprint density at radius 3 is 2.50 bits per heavy atom. The normalized spacial score (nSPS) is 17.2. The van der Waals surface area contributed by atoms with Crippen LogP contribution in [0.3, 0.4) is 0 Å². The van der Waals surface area contributed by atoms with E-state index in [0.29, 0.717) is 4.52 Å². The van der Waals surface area contributed by atoms with Crippen LogP contribution < -0.4 is 4.90 Å². The molecular formula is C9H7F4N5. The number of aromatic nitrogens is 4. The van der Waals surface area contributed by atoms with Crippen molar-refractivity contribution < 1.29 is 17.6 Å². The molecule has 96 valence electrons. The molecule has 2 aromatic heterocycles. The lowest BCUT2D eigenvalue weighted by Gasteiger charge is -2.35. The van der Waals surface area contributed by atoms with Crippen molar-refractivity contribution in [3.05, 3.63) is 18.0 Å². The molecule has 1 aliphatic rings. The van der Waals surface area contributed by atoms with Gasteiger partial charge in [-0.1, -0.05) is 0 Å². The van der Waals surface area contributed by atoms with Crippen molar-refractivity contribution in [3.8, 4) is 0 Å². The third-order valence-corrected chi connectivity index (χ3v) is 2.66. The van der Waals surface area contributed by atoms with Gasteiger partial charge in [-0.15, -0.1) is 15.3 Å². The van der Waals surface area contributed by atoms with E-state index in [9.17, 15) is 17.6 Å². The van der Waals surface area contributed by atoms with E-state index in [-0.39, 0.29) is 24.6 Å². The van der Waals surface area contributed by atoms with Crippen LogP contribution in [0.2, 0.25) is 0 Å². The molecule has 1 saturated heterocycles. The number of nitrogens with zero attached hydrogens (tertiary/aromatic N) is 5. The summed E-state index contributed by atoms with van der Waals surface area (Å²) in [5.41, 5.74) is 0.00315. The largest absolute Gasteiger partial charge is 0.453 e. The van der Waals surface area contributed by atoms with Crippen molar-refractivity contribution in [3.63, 3.8) is 0 Å². The van der Waals surface area contributed by atoms with Gasteiger partial charge in [-0.3, -0.25) is 0 Å². The summed E-state index contributed by atoms with van der Waals surface area (Å²) in [6.45, 7) is 0.282. The average molecular weight is 261 g/mol. The van der Waals surface area contributed by atoms with Gasteiger partial charge in [0.15, 0.2) is 5.65 Å². The van der Waals surface area contributed by atoms with Crippen LogP contribution >= 0.6 is 0 Å². The van der Waals surface area contributed by atoms with E-state index in [2.05, 4.69) is 15.3 Å². The number of hydrogen-bond donors (Lipinski definition) is 0. The third-order valence-electron chi connectivity index (χ3n) is 2.66. The predicted molar refractivity (Wildman–Crippen MR) is 52.9 cm³/mol. The molecule has 0 N–H and O–H groups in total. The second-order valence-electron chi connectivity index (χ2n) is 3.99. The summed E-state index contributed by atoms with van der Waals surface area (Å²) in [4.78, 5) is 1.55. The fraction of sp³-hybridized carbons (Fsp3) is 0.444. The zero-order valence-corrected chi connectivity index (χ0v) is 8.89. The van der Waals surface area contributed by atoms with Gasteiger partial charge in [0, 0.05) is 0 Å². The molecule has 0 unspecified atom stereocenters. The van der Waals surface area contributed by atoms with E-state index < -0.39 is 18.2 Å². The second-order valence-corrected chi connectivity index (χ2v) is 3.99. The van der Waals surface area contributed by atoms with Crippen LogP contribution in [0, 0.1) is 0 Å². The molecule has 0 bridgehead atoms. The van der Waals surface area contributed by atoms with Crippen LogP contribution in [0.1, 0.15) is 5.82 Å². The lowest BCUT2D eigenvalue weighted by molar-refractivity contribution is -0.146. The van der Waals surface area contributed by atoms with Gasteiger partial charge in [-0.2, -0.15) is 17.7 Å². The first kappa shape index (κ1) is 11.2. The summed E-state index contributed by atoms with van der Waals surface area (Å²) in [5, 5.41) is 10.2. The van der Waals surface area contributed by atoms with Crippen LogP contribution in [-0.4, -0.2) is 39.1 Å². The fourth-order valence-electron chi connectivity index (χ4n) is 1.74. The number of fused-ring (bicyclic) bond motifs is 1. The highest BCUT2D eigenvalue weighted by Gasteiger charge is 2.38. The zero-order valence-electron chi connectivity index (χ0n) is 8.89. The van der Waals surface area contributed by atoms with Crippen molar-refractivity contribution in [1.29, 1.82) is 0 Å². The van der Waals surface area contributed by atoms with Crippen LogP contribution in [0.15, 0.2) is 12.1 Å². The van der Waals surface area contributed by atoms with Crippen molar-refractivity contribution in [1.82, 2.24) is 19.8 Å². The minimum atomic E-state index is -4.62. The Hall–Kier alpha value is -1.93. The van der Waals surface area contributed by atoms with Crippen molar-refractivity contribution >= 4 is 11.5 Å². The fourth-order valence-corrected chi connectivity index (χ4v) is 1.74. The molecule has 0 aliphatic carbocycles. The number of rotatable bonds is 1. The Kier molecular flexibility index (Phi) is 2.19. The molecule has 0 saturated carbocycles. The summed E-state index contributed by atoms with van der Waals surface area (Å²) in [6, 6.07) is 2.87. The lowest BCUT2D eigenvalue weighted by Crippen LogP contribution is -2.49. The van der Waals surface area contributed by atoms with Gasteiger partial charge in [0.2, 0.25) is 0 Å². The molecular weight excluding hydrogens is 254 g/mol. The van der Waals surface area contributed by atoms with Gasteiger partial charge in [-0.25, -0.2) is 4.39 Å². The molecule has 1 fully saturated rings. The summed E-state index contributed by atoms with van der Waals surface area (Å²) in [7, 11) is 0. The number of anilines is 1. The number of alkyl halides is 4. The summed E-state index contributed by atoms with van der Waals surface area (Å²) in [5.74, 6) is -0.904. The SMILES string of the molecule is FC1CN(c2ccc3nnc(C(F)(F)F)n3n2)C1. The molecule has 0 spiro atoms. The highest BCUT2D eigenvalue weighted by molar-refractivity contribution is 5.47. The van der Waals surface area contributed by atoms with Gasteiger partial charge in [0.05, 0.1) is 13.1 Å². The van der Waals surface area contributed by atoms with Crippen molar-refractivity contribution in [2.45, 2.75) is 12.3 Å². The summed E-state index contributed by atoms with van der Waals surface area (Å²) in [6.07, 6.45) is -5.58. The molecule has 3 rings (SSSR count). The predicted octanol–water partition coefficient (Wildman–Crippen LogP) is 1.30. The molecule has 9 heteroatoms. The highest BCUT2D eigenvalue weighted by atomic mass is 19.4. The standard InChI is InChI=1S/C9H7F4N5/c10-5-3-17(4-5)7-2-1-6-14-15-8(9(11,12)13)18(6)16-7/h1-2,5H,3-4H2. The molecule has 1 aliphatic heterocycles. The van der Waals surface area contributed by atoms with Crippen LogP contribution in [0.5, 0.6) is 0 Å². The quantitative estimate of drug-likeness (QED) is 0.726. The Labute approximate surface area is 98.0 Å². The Balaban J connectivity index is 2.05. The van der Waals surface area contributed by atoms with E-state index >= 15 is 0 Å². The smallest absolute Gasteiger partial charge is 0.349 e. The molecule has 0 amide bonds. The zero-order chi connectivity index (χ0) is 12.9. The van der Waals surface area contributed by atoms with E-state index in [1.165, 1.54) is 12.1 Å². The average Bonchev–Trinajstić information content (AvgIpc) is 2.66. The molecule has 2 aromatic rings. The minimum absolute atomic E-state index is 0.00315. The van der Waals surface area contributed by atoms with Gasteiger partial charge in [-0.05, 0) is 12.1 Å². The van der Waals surface area contributed by atoms with E-state index in [0.717, 1.165) is 0 Å². The molecule has 0 aromatic carbocycles. The molecule has 0 atom stereocenters. The maximum atomic E-state index is 12.7. The maximum absolute atomic E-state index is 12.7. The van der Waals surface area contributed by atoms with Crippen LogP contribution in [0.4, 0.5) is 23.4 Å².